The second kappa shape index (κ2) is 8.15. The number of hydrogen-bond acceptors (Lipinski definition) is 4. The summed E-state index contributed by atoms with van der Waals surface area (Å²) in [5, 5.41) is 9.64. The van der Waals surface area contributed by atoms with Crippen molar-refractivity contribution >= 4 is 17.7 Å². The lowest BCUT2D eigenvalue weighted by Gasteiger charge is -2.07. The SMILES string of the molecule is CCOc1ccc(NC(=O)Nc2ncn(Cc3ccccc3C)n2)cc1. The smallest absolute Gasteiger partial charge is 0.326 e. The van der Waals surface area contributed by atoms with E-state index in [-0.39, 0.29) is 5.95 Å². The fourth-order valence-electron chi connectivity index (χ4n) is 2.46. The highest BCUT2D eigenvalue weighted by molar-refractivity contribution is 5.98. The Morgan fingerprint density at radius 1 is 1.12 bits per heavy atom. The molecule has 1 aromatic heterocycles. The summed E-state index contributed by atoms with van der Waals surface area (Å²) < 4.78 is 7.06. The average Bonchev–Trinajstić information content (AvgIpc) is 3.06. The molecular weight excluding hydrogens is 330 g/mol. The normalized spacial score (nSPS) is 10.4. The topological polar surface area (TPSA) is 81.1 Å². The molecule has 0 saturated carbocycles. The highest BCUT2D eigenvalue weighted by Crippen LogP contribution is 2.16. The molecule has 26 heavy (non-hydrogen) atoms. The van der Waals surface area contributed by atoms with Crippen molar-refractivity contribution in [2.45, 2.75) is 20.4 Å². The average molecular weight is 351 g/mol. The third-order valence-electron chi connectivity index (χ3n) is 3.78. The monoisotopic (exact) mass is 351 g/mol. The first-order chi connectivity index (χ1) is 12.6. The lowest BCUT2D eigenvalue weighted by Crippen LogP contribution is -2.20. The molecule has 2 aromatic carbocycles. The number of amides is 2. The van der Waals surface area contributed by atoms with Crippen LogP contribution in [-0.2, 0) is 6.54 Å². The summed E-state index contributed by atoms with van der Waals surface area (Å²) in [7, 11) is 0. The van der Waals surface area contributed by atoms with Crippen LogP contribution < -0.4 is 15.4 Å². The Morgan fingerprint density at radius 3 is 2.62 bits per heavy atom. The van der Waals surface area contributed by atoms with Gasteiger partial charge in [0.1, 0.15) is 12.1 Å². The van der Waals surface area contributed by atoms with E-state index >= 15 is 0 Å². The van der Waals surface area contributed by atoms with Crippen molar-refractivity contribution in [3.05, 3.63) is 66.0 Å². The third-order valence-corrected chi connectivity index (χ3v) is 3.78. The van der Waals surface area contributed by atoms with Gasteiger partial charge in [0.25, 0.3) is 0 Å². The minimum absolute atomic E-state index is 0.252. The van der Waals surface area contributed by atoms with Gasteiger partial charge in [-0.1, -0.05) is 24.3 Å². The molecule has 0 spiro atoms. The van der Waals surface area contributed by atoms with E-state index in [4.69, 9.17) is 4.74 Å². The van der Waals surface area contributed by atoms with Crippen molar-refractivity contribution in [1.82, 2.24) is 14.8 Å². The van der Waals surface area contributed by atoms with Crippen LogP contribution in [-0.4, -0.2) is 27.4 Å². The van der Waals surface area contributed by atoms with Gasteiger partial charge in [-0.2, -0.15) is 0 Å². The van der Waals surface area contributed by atoms with Crippen molar-refractivity contribution in [1.29, 1.82) is 0 Å². The summed E-state index contributed by atoms with van der Waals surface area (Å²) in [6.07, 6.45) is 1.60. The molecule has 0 bridgehead atoms. The summed E-state index contributed by atoms with van der Waals surface area (Å²) in [5.74, 6) is 1.01. The van der Waals surface area contributed by atoms with Gasteiger partial charge in [0.05, 0.1) is 13.2 Å². The summed E-state index contributed by atoms with van der Waals surface area (Å²) in [5.41, 5.74) is 3.00. The zero-order valence-electron chi connectivity index (χ0n) is 14.8. The molecule has 134 valence electrons. The maximum absolute atomic E-state index is 12.1. The second-order valence-corrected chi connectivity index (χ2v) is 5.73. The van der Waals surface area contributed by atoms with Crippen molar-refractivity contribution in [3.8, 4) is 5.75 Å². The van der Waals surface area contributed by atoms with Crippen LogP contribution in [0.3, 0.4) is 0 Å². The number of carbonyl (C=O) groups excluding carboxylic acids is 1. The molecule has 7 heteroatoms. The second-order valence-electron chi connectivity index (χ2n) is 5.73. The first-order valence-electron chi connectivity index (χ1n) is 8.39. The number of anilines is 2. The predicted molar refractivity (Wildman–Crippen MR) is 101 cm³/mol. The van der Waals surface area contributed by atoms with Gasteiger partial charge < -0.3 is 10.1 Å². The van der Waals surface area contributed by atoms with E-state index in [2.05, 4.69) is 33.7 Å². The Balaban J connectivity index is 1.56. The summed E-state index contributed by atoms with van der Waals surface area (Å²) in [6, 6.07) is 14.8. The molecule has 3 aromatic rings. The Hall–Kier alpha value is -3.35. The molecular formula is C19H21N5O2. The van der Waals surface area contributed by atoms with Crippen molar-refractivity contribution < 1.29 is 9.53 Å². The van der Waals surface area contributed by atoms with Crippen molar-refractivity contribution in [2.75, 3.05) is 17.2 Å². The van der Waals surface area contributed by atoms with Gasteiger partial charge in [0.15, 0.2) is 0 Å². The molecule has 1 heterocycles. The Morgan fingerprint density at radius 2 is 1.88 bits per heavy atom. The lowest BCUT2D eigenvalue weighted by molar-refractivity contribution is 0.262. The lowest BCUT2D eigenvalue weighted by atomic mass is 10.1. The zero-order chi connectivity index (χ0) is 18.4. The van der Waals surface area contributed by atoms with Crippen LogP contribution in [0.1, 0.15) is 18.1 Å². The van der Waals surface area contributed by atoms with E-state index in [1.807, 2.05) is 25.1 Å². The third kappa shape index (κ3) is 4.60. The molecule has 3 rings (SSSR count). The molecule has 0 aliphatic rings. The van der Waals surface area contributed by atoms with Gasteiger partial charge in [-0.15, -0.1) is 5.10 Å². The highest BCUT2D eigenvalue weighted by atomic mass is 16.5. The zero-order valence-corrected chi connectivity index (χ0v) is 14.8. The Kier molecular flexibility index (Phi) is 5.48. The number of carbonyl (C=O) groups is 1. The predicted octanol–water partition coefficient (Wildman–Crippen LogP) is 3.68. The number of ether oxygens (including phenoxy) is 1. The van der Waals surface area contributed by atoms with Crippen LogP contribution in [0, 0.1) is 6.92 Å². The molecule has 2 amide bonds. The Labute approximate surface area is 152 Å². The molecule has 2 N–H and O–H groups in total. The number of aromatic nitrogens is 3. The van der Waals surface area contributed by atoms with E-state index in [9.17, 15) is 4.79 Å². The molecule has 0 radical (unpaired) electrons. The van der Waals surface area contributed by atoms with E-state index in [0.29, 0.717) is 18.8 Å². The molecule has 7 nitrogen and oxygen atoms in total. The minimum Gasteiger partial charge on any atom is -0.494 e. The van der Waals surface area contributed by atoms with Crippen molar-refractivity contribution in [2.24, 2.45) is 0 Å². The summed E-state index contributed by atoms with van der Waals surface area (Å²) in [6.45, 7) is 5.17. The van der Waals surface area contributed by atoms with E-state index < -0.39 is 6.03 Å². The van der Waals surface area contributed by atoms with Crippen molar-refractivity contribution in [3.63, 3.8) is 0 Å². The van der Waals surface area contributed by atoms with Crippen LogP contribution >= 0.6 is 0 Å². The fraction of sp³-hybridized carbons (Fsp3) is 0.211. The van der Waals surface area contributed by atoms with E-state index in [1.54, 1.807) is 35.3 Å². The number of benzene rings is 2. The fourth-order valence-corrected chi connectivity index (χ4v) is 2.46. The number of hydrogen-bond donors (Lipinski definition) is 2. The van der Waals surface area contributed by atoms with E-state index in [0.717, 1.165) is 11.3 Å². The van der Waals surface area contributed by atoms with Gasteiger partial charge in [0.2, 0.25) is 5.95 Å². The number of nitrogens with one attached hydrogen (secondary N) is 2. The van der Waals surface area contributed by atoms with Gasteiger partial charge >= 0.3 is 6.03 Å². The summed E-state index contributed by atoms with van der Waals surface area (Å²) >= 11 is 0. The van der Waals surface area contributed by atoms with Crippen LogP contribution in [0.2, 0.25) is 0 Å². The largest absolute Gasteiger partial charge is 0.494 e. The Bertz CT molecular complexity index is 874. The first kappa shape index (κ1) is 17.5. The van der Waals surface area contributed by atoms with Crippen LogP contribution in [0.15, 0.2) is 54.9 Å². The van der Waals surface area contributed by atoms with Gasteiger partial charge in [-0.3, -0.25) is 5.32 Å². The molecule has 0 aliphatic carbocycles. The first-order valence-corrected chi connectivity index (χ1v) is 8.39. The minimum atomic E-state index is -0.400. The number of rotatable bonds is 6. The van der Waals surface area contributed by atoms with Crippen LogP contribution in [0.5, 0.6) is 5.75 Å². The molecule has 0 aliphatic heterocycles. The maximum atomic E-state index is 12.1. The van der Waals surface area contributed by atoms with Crippen LogP contribution in [0.25, 0.3) is 0 Å². The number of aryl methyl sites for hydroxylation is 1. The van der Waals surface area contributed by atoms with Gasteiger partial charge in [-0.25, -0.2) is 14.5 Å². The number of nitrogens with zero attached hydrogens (tertiary/aromatic N) is 3. The van der Waals surface area contributed by atoms with Gasteiger partial charge in [-0.05, 0) is 49.2 Å². The highest BCUT2D eigenvalue weighted by Gasteiger charge is 2.08. The quantitative estimate of drug-likeness (QED) is 0.710. The molecule has 0 saturated heterocycles. The molecule has 0 unspecified atom stereocenters. The molecule has 0 fully saturated rings. The summed E-state index contributed by atoms with van der Waals surface area (Å²) in [4.78, 5) is 16.2. The van der Waals surface area contributed by atoms with E-state index in [1.165, 1.54) is 5.56 Å². The van der Waals surface area contributed by atoms with Crippen LogP contribution in [0.4, 0.5) is 16.4 Å². The maximum Gasteiger partial charge on any atom is 0.326 e. The standard InChI is InChI=1S/C19H21N5O2/c1-3-26-17-10-8-16(9-11-17)21-19(25)22-18-20-13-24(23-18)12-15-7-5-4-6-14(15)2/h4-11,13H,3,12H2,1-2H3,(H2,21,22,23,25). The van der Waals surface area contributed by atoms with Gasteiger partial charge in [0, 0.05) is 5.69 Å². The number of urea groups is 1. The molecule has 0 atom stereocenters.